The van der Waals surface area contributed by atoms with E-state index in [9.17, 15) is 13.2 Å². The smallest absolute Gasteiger partial charge is 0.230 e. The molecule has 8 heteroatoms. The SMILES string of the molecule is CC(C)CCNC(=O)CSc1nc(-c2ccccc2)[nH]c1S(=O)(=O)c1ccccc1. The molecular weight excluding hydrogens is 418 g/mol. The number of rotatable bonds is 9. The number of nitrogens with zero attached hydrogens (tertiary/aromatic N) is 1. The maximum atomic E-state index is 13.2. The van der Waals surface area contributed by atoms with Gasteiger partial charge in [0.2, 0.25) is 15.7 Å². The molecule has 6 nitrogen and oxygen atoms in total. The molecule has 0 aliphatic rings. The lowest BCUT2D eigenvalue weighted by Gasteiger charge is -2.07. The molecule has 30 heavy (non-hydrogen) atoms. The van der Waals surface area contributed by atoms with E-state index in [1.807, 2.05) is 30.3 Å². The third-order valence-electron chi connectivity index (χ3n) is 4.39. The Labute approximate surface area is 181 Å². The van der Waals surface area contributed by atoms with Crippen LogP contribution in [-0.4, -0.2) is 36.6 Å². The fourth-order valence-corrected chi connectivity index (χ4v) is 5.23. The fourth-order valence-electron chi connectivity index (χ4n) is 2.76. The largest absolute Gasteiger partial charge is 0.355 e. The number of benzene rings is 2. The molecule has 2 aromatic carbocycles. The van der Waals surface area contributed by atoms with E-state index in [2.05, 4.69) is 29.1 Å². The highest BCUT2D eigenvalue weighted by molar-refractivity contribution is 8.00. The summed E-state index contributed by atoms with van der Waals surface area (Å²) in [5.41, 5.74) is 0.773. The Balaban J connectivity index is 1.87. The molecular formula is C22H25N3O3S2. The molecule has 0 atom stereocenters. The van der Waals surface area contributed by atoms with Gasteiger partial charge >= 0.3 is 0 Å². The van der Waals surface area contributed by atoms with E-state index in [0.717, 1.165) is 23.7 Å². The van der Waals surface area contributed by atoms with E-state index in [0.29, 0.717) is 18.3 Å². The second-order valence-electron chi connectivity index (χ2n) is 7.22. The van der Waals surface area contributed by atoms with Crippen LogP contribution in [0.4, 0.5) is 0 Å². The average Bonchev–Trinajstić information content (AvgIpc) is 3.18. The molecule has 1 heterocycles. The average molecular weight is 444 g/mol. The zero-order chi connectivity index (χ0) is 21.6. The quantitative estimate of drug-likeness (QED) is 0.485. The number of imidazole rings is 1. The van der Waals surface area contributed by atoms with Crippen molar-refractivity contribution in [2.75, 3.05) is 12.3 Å². The number of hydrogen-bond acceptors (Lipinski definition) is 5. The minimum Gasteiger partial charge on any atom is -0.355 e. The van der Waals surface area contributed by atoms with E-state index in [1.165, 1.54) is 0 Å². The van der Waals surface area contributed by atoms with Gasteiger partial charge in [-0.25, -0.2) is 13.4 Å². The molecule has 0 fully saturated rings. The van der Waals surface area contributed by atoms with Crippen molar-refractivity contribution >= 4 is 27.5 Å². The third-order valence-corrected chi connectivity index (χ3v) is 7.22. The van der Waals surface area contributed by atoms with Crippen molar-refractivity contribution in [3.63, 3.8) is 0 Å². The summed E-state index contributed by atoms with van der Waals surface area (Å²) < 4.78 is 26.4. The number of amides is 1. The van der Waals surface area contributed by atoms with Gasteiger partial charge in [0, 0.05) is 12.1 Å². The Morgan fingerprint density at radius 2 is 1.70 bits per heavy atom. The van der Waals surface area contributed by atoms with Crippen LogP contribution in [0.25, 0.3) is 11.4 Å². The molecule has 0 spiro atoms. The lowest BCUT2D eigenvalue weighted by molar-refractivity contribution is -0.118. The first-order valence-electron chi connectivity index (χ1n) is 9.73. The first-order valence-corrected chi connectivity index (χ1v) is 12.2. The minimum atomic E-state index is -3.80. The van der Waals surface area contributed by atoms with Gasteiger partial charge in [-0.1, -0.05) is 74.1 Å². The Hall–Kier alpha value is -2.58. The van der Waals surface area contributed by atoms with Gasteiger partial charge in [0.1, 0.15) is 10.9 Å². The molecule has 0 unspecified atom stereocenters. The number of H-pyrrole nitrogens is 1. The molecule has 0 aliphatic carbocycles. The highest BCUT2D eigenvalue weighted by Crippen LogP contribution is 2.31. The van der Waals surface area contributed by atoms with Crippen LogP contribution in [-0.2, 0) is 14.6 Å². The highest BCUT2D eigenvalue weighted by Gasteiger charge is 2.26. The van der Waals surface area contributed by atoms with Crippen LogP contribution in [0.3, 0.4) is 0 Å². The third kappa shape index (κ3) is 5.52. The summed E-state index contributed by atoms with van der Waals surface area (Å²) in [5.74, 6) is 0.898. The molecule has 2 N–H and O–H groups in total. The lowest BCUT2D eigenvalue weighted by atomic mass is 10.1. The molecule has 1 aromatic heterocycles. The first kappa shape index (κ1) is 22.1. The normalized spacial score (nSPS) is 11.6. The summed E-state index contributed by atoms with van der Waals surface area (Å²) in [5, 5.41) is 3.16. The Bertz CT molecular complexity index is 1080. The van der Waals surface area contributed by atoms with Crippen LogP contribution < -0.4 is 5.32 Å². The van der Waals surface area contributed by atoms with Crippen molar-refractivity contribution in [3.8, 4) is 11.4 Å². The van der Waals surface area contributed by atoms with Crippen molar-refractivity contribution < 1.29 is 13.2 Å². The van der Waals surface area contributed by atoms with Gasteiger partial charge in [-0.05, 0) is 24.5 Å². The van der Waals surface area contributed by atoms with E-state index in [-0.39, 0.29) is 26.6 Å². The predicted octanol–water partition coefficient (Wildman–Crippen LogP) is 4.16. The van der Waals surface area contributed by atoms with Gasteiger partial charge in [-0.15, -0.1) is 0 Å². The fraction of sp³-hybridized carbons (Fsp3) is 0.273. The van der Waals surface area contributed by atoms with Gasteiger partial charge in [0.25, 0.3) is 0 Å². The molecule has 0 saturated carbocycles. The molecule has 0 aliphatic heterocycles. The number of carbonyl (C=O) groups excluding carboxylic acids is 1. The van der Waals surface area contributed by atoms with E-state index in [4.69, 9.17) is 0 Å². The van der Waals surface area contributed by atoms with Crippen molar-refractivity contribution in [1.29, 1.82) is 0 Å². The highest BCUT2D eigenvalue weighted by atomic mass is 32.2. The van der Waals surface area contributed by atoms with Gasteiger partial charge in [0.05, 0.1) is 10.6 Å². The maximum Gasteiger partial charge on any atom is 0.230 e. The van der Waals surface area contributed by atoms with Gasteiger partial charge in [-0.3, -0.25) is 4.79 Å². The van der Waals surface area contributed by atoms with Crippen molar-refractivity contribution in [1.82, 2.24) is 15.3 Å². The summed E-state index contributed by atoms with van der Waals surface area (Å²) in [4.78, 5) is 19.8. The maximum absolute atomic E-state index is 13.2. The number of nitrogens with one attached hydrogen (secondary N) is 2. The first-order chi connectivity index (χ1) is 14.4. The predicted molar refractivity (Wildman–Crippen MR) is 119 cm³/mol. The van der Waals surface area contributed by atoms with Crippen LogP contribution in [0.1, 0.15) is 20.3 Å². The van der Waals surface area contributed by atoms with Crippen molar-refractivity contribution in [2.45, 2.75) is 35.2 Å². The van der Waals surface area contributed by atoms with E-state index in [1.54, 1.807) is 30.3 Å². The summed E-state index contributed by atoms with van der Waals surface area (Å²) in [6, 6.07) is 17.5. The Kier molecular flexibility index (Phi) is 7.33. The van der Waals surface area contributed by atoms with Crippen LogP contribution in [0, 0.1) is 5.92 Å². The molecule has 1 amide bonds. The van der Waals surface area contributed by atoms with Crippen LogP contribution >= 0.6 is 11.8 Å². The summed E-state index contributed by atoms with van der Waals surface area (Å²) in [7, 11) is -3.80. The Morgan fingerprint density at radius 1 is 1.07 bits per heavy atom. The molecule has 3 aromatic rings. The second kappa shape index (κ2) is 9.95. The monoisotopic (exact) mass is 443 g/mol. The summed E-state index contributed by atoms with van der Waals surface area (Å²) in [6.07, 6.45) is 0.893. The molecule has 0 radical (unpaired) electrons. The van der Waals surface area contributed by atoms with E-state index < -0.39 is 9.84 Å². The van der Waals surface area contributed by atoms with Crippen molar-refractivity contribution in [2.24, 2.45) is 5.92 Å². The number of aromatic amines is 1. The van der Waals surface area contributed by atoms with Gasteiger partial charge in [0.15, 0.2) is 5.03 Å². The lowest BCUT2D eigenvalue weighted by Crippen LogP contribution is -2.27. The van der Waals surface area contributed by atoms with Crippen LogP contribution in [0.5, 0.6) is 0 Å². The zero-order valence-corrected chi connectivity index (χ0v) is 18.6. The van der Waals surface area contributed by atoms with Crippen molar-refractivity contribution in [3.05, 3.63) is 60.7 Å². The molecule has 3 rings (SSSR count). The number of thioether (sulfide) groups is 1. The standard InChI is InChI=1S/C22H25N3O3S2/c1-16(2)13-14-23-19(26)15-29-21-22(30(27,28)18-11-7-4-8-12-18)25-20(24-21)17-9-5-3-6-10-17/h3-12,16H,13-15H2,1-2H3,(H,23,26)(H,24,25). The zero-order valence-electron chi connectivity index (χ0n) is 17.0. The topological polar surface area (TPSA) is 91.9 Å². The Morgan fingerprint density at radius 3 is 2.33 bits per heavy atom. The molecule has 158 valence electrons. The second-order valence-corrected chi connectivity index (χ2v) is 10.1. The summed E-state index contributed by atoms with van der Waals surface area (Å²) >= 11 is 1.12. The van der Waals surface area contributed by atoms with Crippen LogP contribution in [0.15, 0.2) is 75.6 Å². The van der Waals surface area contributed by atoms with Gasteiger partial charge in [-0.2, -0.15) is 0 Å². The summed E-state index contributed by atoms with van der Waals surface area (Å²) in [6.45, 7) is 4.79. The number of sulfone groups is 1. The number of hydrogen-bond donors (Lipinski definition) is 2. The number of carbonyl (C=O) groups is 1. The molecule has 0 saturated heterocycles. The minimum absolute atomic E-state index is 0.00698. The van der Waals surface area contributed by atoms with E-state index >= 15 is 0 Å². The molecule has 0 bridgehead atoms. The van der Waals surface area contributed by atoms with Crippen LogP contribution in [0.2, 0.25) is 0 Å². The number of aromatic nitrogens is 2. The van der Waals surface area contributed by atoms with Gasteiger partial charge < -0.3 is 10.3 Å².